The zero-order chi connectivity index (χ0) is 13.2. The molecule has 2 aliphatic rings. The fourth-order valence-electron chi connectivity index (χ4n) is 2.35. The lowest BCUT2D eigenvalue weighted by Crippen LogP contribution is -2.43. The van der Waals surface area contributed by atoms with Crippen LogP contribution in [-0.2, 0) is 4.79 Å². The van der Waals surface area contributed by atoms with Crippen LogP contribution in [-0.4, -0.2) is 42.7 Å². The Morgan fingerprint density at radius 3 is 2.44 bits per heavy atom. The Hall–Kier alpha value is -0.780. The molecular formula is C12H19F3N2O. The van der Waals surface area contributed by atoms with Crippen molar-refractivity contribution >= 4 is 5.91 Å². The Bertz CT molecular complexity index is 296. The van der Waals surface area contributed by atoms with Gasteiger partial charge in [0.1, 0.15) is 6.42 Å². The molecule has 6 heteroatoms. The first kappa shape index (κ1) is 13.6. The average Bonchev–Trinajstić information content (AvgIpc) is 2.89. The maximum Gasteiger partial charge on any atom is 0.397 e. The second kappa shape index (κ2) is 5.47. The summed E-state index contributed by atoms with van der Waals surface area (Å²) in [6, 6.07) is 0.168. The molecule has 0 aromatic rings. The van der Waals surface area contributed by atoms with E-state index in [4.69, 9.17) is 0 Å². The molecule has 0 spiro atoms. The SMILES string of the molecule is O=C(CC(F)(F)F)N(CC1CC1)CC1CCCN1. The minimum Gasteiger partial charge on any atom is -0.341 e. The van der Waals surface area contributed by atoms with Crippen LogP contribution in [0.3, 0.4) is 0 Å². The molecule has 1 unspecified atom stereocenters. The largest absolute Gasteiger partial charge is 0.397 e. The summed E-state index contributed by atoms with van der Waals surface area (Å²) in [5, 5.41) is 3.22. The Kier molecular flexibility index (Phi) is 4.14. The first-order valence-electron chi connectivity index (χ1n) is 6.52. The van der Waals surface area contributed by atoms with E-state index < -0.39 is 18.5 Å². The summed E-state index contributed by atoms with van der Waals surface area (Å²) in [4.78, 5) is 13.1. The van der Waals surface area contributed by atoms with E-state index in [1.807, 2.05) is 0 Å². The molecule has 0 radical (unpaired) electrons. The van der Waals surface area contributed by atoms with Crippen molar-refractivity contribution in [2.24, 2.45) is 5.92 Å². The van der Waals surface area contributed by atoms with Crippen LogP contribution in [0, 0.1) is 5.92 Å². The molecule has 1 aliphatic heterocycles. The van der Waals surface area contributed by atoms with E-state index in [-0.39, 0.29) is 6.04 Å². The van der Waals surface area contributed by atoms with Crippen molar-refractivity contribution in [3.8, 4) is 0 Å². The van der Waals surface area contributed by atoms with Crippen LogP contribution in [0.1, 0.15) is 32.1 Å². The Morgan fingerprint density at radius 2 is 1.94 bits per heavy atom. The van der Waals surface area contributed by atoms with Crippen molar-refractivity contribution < 1.29 is 18.0 Å². The lowest BCUT2D eigenvalue weighted by atomic mass is 10.2. The molecule has 0 aromatic heterocycles. The summed E-state index contributed by atoms with van der Waals surface area (Å²) in [5.41, 5.74) is 0. The van der Waals surface area contributed by atoms with E-state index in [1.54, 1.807) is 0 Å². The third-order valence-electron chi connectivity index (χ3n) is 3.48. The van der Waals surface area contributed by atoms with E-state index in [1.165, 1.54) is 4.90 Å². The summed E-state index contributed by atoms with van der Waals surface area (Å²) in [5.74, 6) is -0.355. The predicted molar refractivity (Wildman–Crippen MR) is 61.0 cm³/mol. The molecule has 2 rings (SSSR count). The molecule has 104 valence electrons. The third-order valence-corrected chi connectivity index (χ3v) is 3.48. The molecule has 1 aliphatic carbocycles. The first-order chi connectivity index (χ1) is 8.44. The fraction of sp³-hybridized carbons (Fsp3) is 0.917. The normalized spacial score (nSPS) is 24.3. The molecule has 1 atom stereocenters. The summed E-state index contributed by atoms with van der Waals surface area (Å²) in [7, 11) is 0. The number of nitrogens with zero attached hydrogens (tertiary/aromatic N) is 1. The van der Waals surface area contributed by atoms with E-state index >= 15 is 0 Å². The van der Waals surface area contributed by atoms with Crippen molar-refractivity contribution in [3.05, 3.63) is 0 Å². The zero-order valence-electron chi connectivity index (χ0n) is 10.3. The lowest BCUT2D eigenvalue weighted by molar-refractivity contribution is -0.161. The second-order valence-corrected chi connectivity index (χ2v) is 5.33. The molecular weight excluding hydrogens is 245 g/mol. The van der Waals surface area contributed by atoms with Gasteiger partial charge < -0.3 is 10.2 Å². The summed E-state index contributed by atoms with van der Waals surface area (Å²) < 4.78 is 36.8. The zero-order valence-corrected chi connectivity index (χ0v) is 10.3. The van der Waals surface area contributed by atoms with Gasteiger partial charge in [-0.15, -0.1) is 0 Å². The number of halogens is 3. The average molecular weight is 264 g/mol. The molecule has 3 nitrogen and oxygen atoms in total. The van der Waals surface area contributed by atoms with Crippen molar-refractivity contribution in [1.82, 2.24) is 10.2 Å². The second-order valence-electron chi connectivity index (χ2n) is 5.33. The van der Waals surface area contributed by atoms with Gasteiger partial charge in [-0.25, -0.2) is 0 Å². The third kappa shape index (κ3) is 4.48. The van der Waals surface area contributed by atoms with Crippen molar-refractivity contribution in [1.29, 1.82) is 0 Å². The standard InChI is InChI=1S/C12H19F3N2O/c13-12(14,15)6-11(18)17(7-9-3-4-9)8-10-2-1-5-16-10/h9-10,16H,1-8H2. The topological polar surface area (TPSA) is 32.3 Å². The van der Waals surface area contributed by atoms with Crippen LogP contribution < -0.4 is 5.32 Å². The van der Waals surface area contributed by atoms with Crippen LogP contribution in [0.2, 0.25) is 0 Å². The predicted octanol–water partition coefficient (Wildman–Crippen LogP) is 1.93. The molecule has 18 heavy (non-hydrogen) atoms. The number of rotatable bonds is 5. The smallest absolute Gasteiger partial charge is 0.341 e. The van der Waals surface area contributed by atoms with Gasteiger partial charge in [-0.2, -0.15) is 13.2 Å². The van der Waals surface area contributed by atoms with Crippen LogP contribution in [0.4, 0.5) is 13.2 Å². The summed E-state index contributed by atoms with van der Waals surface area (Å²) in [6.45, 7) is 1.81. The highest BCUT2D eigenvalue weighted by molar-refractivity contribution is 5.77. The number of carbonyl (C=O) groups is 1. The molecule has 2 fully saturated rings. The molecule has 0 bridgehead atoms. The first-order valence-corrected chi connectivity index (χ1v) is 6.52. The maximum atomic E-state index is 12.3. The number of hydrogen-bond acceptors (Lipinski definition) is 2. The summed E-state index contributed by atoms with van der Waals surface area (Å²) in [6.07, 6.45) is -1.67. The number of hydrogen-bond donors (Lipinski definition) is 1. The maximum absolute atomic E-state index is 12.3. The highest BCUT2D eigenvalue weighted by atomic mass is 19.4. The van der Waals surface area contributed by atoms with Gasteiger partial charge in [0.05, 0.1) is 0 Å². The summed E-state index contributed by atoms with van der Waals surface area (Å²) >= 11 is 0. The Balaban J connectivity index is 1.87. The van der Waals surface area contributed by atoms with E-state index in [2.05, 4.69) is 5.32 Å². The van der Waals surface area contributed by atoms with E-state index in [9.17, 15) is 18.0 Å². The molecule has 1 saturated heterocycles. The Labute approximate surface area is 105 Å². The number of amides is 1. The van der Waals surface area contributed by atoms with Gasteiger partial charge in [0, 0.05) is 19.1 Å². The fourth-order valence-corrected chi connectivity index (χ4v) is 2.35. The van der Waals surface area contributed by atoms with E-state index in [0.717, 1.165) is 32.2 Å². The van der Waals surface area contributed by atoms with Crippen LogP contribution in [0.15, 0.2) is 0 Å². The van der Waals surface area contributed by atoms with Crippen molar-refractivity contribution in [3.63, 3.8) is 0 Å². The van der Waals surface area contributed by atoms with Crippen LogP contribution >= 0.6 is 0 Å². The molecule has 0 aromatic carbocycles. The number of alkyl halides is 3. The van der Waals surface area contributed by atoms with Gasteiger partial charge in [-0.3, -0.25) is 4.79 Å². The number of carbonyl (C=O) groups excluding carboxylic acids is 1. The quantitative estimate of drug-likeness (QED) is 0.823. The molecule has 1 heterocycles. The number of nitrogens with one attached hydrogen (secondary N) is 1. The van der Waals surface area contributed by atoms with Gasteiger partial charge in [0.15, 0.2) is 0 Å². The minimum atomic E-state index is -4.40. The van der Waals surface area contributed by atoms with Gasteiger partial charge in [-0.05, 0) is 38.1 Å². The Morgan fingerprint density at radius 1 is 1.22 bits per heavy atom. The molecule has 1 N–H and O–H groups in total. The van der Waals surface area contributed by atoms with Crippen LogP contribution in [0.5, 0.6) is 0 Å². The minimum absolute atomic E-state index is 0.168. The van der Waals surface area contributed by atoms with Crippen LogP contribution in [0.25, 0.3) is 0 Å². The van der Waals surface area contributed by atoms with Crippen molar-refractivity contribution in [2.45, 2.75) is 44.3 Å². The van der Waals surface area contributed by atoms with Gasteiger partial charge >= 0.3 is 6.18 Å². The highest BCUT2D eigenvalue weighted by Gasteiger charge is 2.36. The molecule has 1 saturated carbocycles. The van der Waals surface area contributed by atoms with E-state index in [0.29, 0.717) is 19.0 Å². The highest BCUT2D eigenvalue weighted by Crippen LogP contribution is 2.31. The molecule has 1 amide bonds. The monoisotopic (exact) mass is 264 g/mol. The van der Waals surface area contributed by atoms with Gasteiger partial charge in [0.2, 0.25) is 5.91 Å². The van der Waals surface area contributed by atoms with Crippen molar-refractivity contribution in [2.75, 3.05) is 19.6 Å². The van der Waals surface area contributed by atoms with Gasteiger partial charge in [0.25, 0.3) is 0 Å². The van der Waals surface area contributed by atoms with Gasteiger partial charge in [-0.1, -0.05) is 0 Å². The lowest BCUT2D eigenvalue weighted by Gasteiger charge is -2.26.